The Bertz CT molecular complexity index is 703. The fourth-order valence-electron chi connectivity index (χ4n) is 1.96. The molecule has 7 heteroatoms. The van der Waals surface area contributed by atoms with Gasteiger partial charge in [-0.15, -0.1) is 0 Å². The minimum absolute atomic E-state index is 0.444. The number of rotatable bonds is 6. The summed E-state index contributed by atoms with van der Waals surface area (Å²) in [6, 6.07) is 9.21. The molecule has 2 rings (SSSR count). The van der Waals surface area contributed by atoms with Crippen molar-refractivity contribution in [2.45, 2.75) is 6.54 Å². The van der Waals surface area contributed by atoms with Gasteiger partial charge in [0.2, 0.25) is 0 Å². The molecule has 0 aliphatic carbocycles. The zero-order valence-electron chi connectivity index (χ0n) is 12.6. The third-order valence-electron chi connectivity index (χ3n) is 3.08. The second kappa shape index (κ2) is 8.61. The van der Waals surface area contributed by atoms with Crippen LogP contribution >= 0.6 is 45.8 Å². The van der Waals surface area contributed by atoms with Crippen molar-refractivity contribution in [3.05, 3.63) is 55.1 Å². The number of halogens is 3. The van der Waals surface area contributed by atoms with Gasteiger partial charge in [0.15, 0.2) is 11.5 Å². The molecule has 0 unspecified atom stereocenters. The van der Waals surface area contributed by atoms with Crippen molar-refractivity contribution >= 4 is 52.0 Å². The molecule has 0 amide bonds. The first kappa shape index (κ1) is 18.2. The van der Waals surface area contributed by atoms with Gasteiger partial charge in [0, 0.05) is 15.6 Å². The lowest BCUT2D eigenvalue weighted by atomic mass is 10.2. The first-order valence-electron chi connectivity index (χ1n) is 6.67. The summed E-state index contributed by atoms with van der Waals surface area (Å²) in [7, 11) is 3.22. The molecule has 0 spiro atoms. The van der Waals surface area contributed by atoms with Gasteiger partial charge in [-0.3, -0.25) is 0 Å². The summed E-state index contributed by atoms with van der Waals surface area (Å²) >= 11 is 14.4. The standard InChI is InChI=1S/C16H15Cl2IN2O2/c1-22-15-7-10(6-14(19)16(15)23-2)8-20-21-9-11-12(17)4-3-5-13(11)18/h3-8,21H,9H2,1-2H3/b20-8-. The van der Waals surface area contributed by atoms with E-state index >= 15 is 0 Å². The molecular weight excluding hydrogens is 450 g/mol. The van der Waals surface area contributed by atoms with Crippen molar-refractivity contribution in [1.29, 1.82) is 0 Å². The fraction of sp³-hybridized carbons (Fsp3) is 0.188. The predicted octanol–water partition coefficient (Wildman–Crippen LogP) is 4.74. The maximum absolute atomic E-state index is 6.11. The molecule has 1 N–H and O–H groups in total. The number of nitrogens with one attached hydrogen (secondary N) is 1. The summed E-state index contributed by atoms with van der Waals surface area (Å²) in [5, 5.41) is 5.42. The quantitative estimate of drug-likeness (QED) is 0.381. The molecule has 0 saturated carbocycles. The summed E-state index contributed by atoms with van der Waals surface area (Å²) in [6.07, 6.45) is 1.70. The number of hydrazone groups is 1. The van der Waals surface area contributed by atoms with Gasteiger partial charge >= 0.3 is 0 Å². The van der Waals surface area contributed by atoms with E-state index in [-0.39, 0.29) is 0 Å². The molecule has 122 valence electrons. The van der Waals surface area contributed by atoms with Crippen LogP contribution in [0.1, 0.15) is 11.1 Å². The smallest absolute Gasteiger partial charge is 0.174 e. The summed E-state index contributed by atoms with van der Waals surface area (Å²) in [4.78, 5) is 0. The van der Waals surface area contributed by atoms with Crippen LogP contribution in [0.3, 0.4) is 0 Å². The van der Waals surface area contributed by atoms with Gasteiger partial charge in [-0.05, 0) is 52.4 Å². The average molecular weight is 465 g/mol. The lowest BCUT2D eigenvalue weighted by molar-refractivity contribution is 0.353. The molecule has 23 heavy (non-hydrogen) atoms. The van der Waals surface area contributed by atoms with Crippen LogP contribution in [0.15, 0.2) is 35.4 Å². The molecular formula is C16H15Cl2IN2O2. The Morgan fingerprint density at radius 3 is 2.48 bits per heavy atom. The summed E-state index contributed by atoms with van der Waals surface area (Å²) in [5.74, 6) is 1.37. The van der Waals surface area contributed by atoms with E-state index in [0.717, 1.165) is 14.7 Å². The minimum Gasteiger partial charge on any atom is -0.493 e. The van der Waals surface area contributed by atoms with Crippen LogP contribution in [0.2, 0.25) is 10.0 Å². The summed E-state index contributed by atoms with van der Waals surface area (Å²) in [6.45, 7) is 0.444. The molecule has 4 nitrogen and oxygen atoms in total. The minimum atomic E-state index is 0.444. The predicted molar refractivity (Wildman–Crippen MR) is 103 cm³/mol. The lowest BCUT2D eigenvalue weighted by Crippen LogP contribution is -2.07. The number of nitrogens with zero attached hydrogens (tertiary/aromatic N) is 1. The van der Waals surface area contributed by atoms with Gasteiger partial charge < -0.3 is 14.9 Å². The first-order valence-corrected chi connectivity index (χ1v) is 8.50. The number of ether oxygens (including phenoxy) is 2. The van der Waals surface area contributed by atoms with E-state index in [4.69, 9.17) is 32.7 Å². The highest BCUT2D eigenvalue weighted by Gasteiger charge is 2.09. The molecule has 0 atom stereocenters. The number of hydrogen-bond acceptors (Lipinski definition) is 4. The summed E-state index contributed by atoms with van der Waals surface area (Å²) in [5.41, 5.74) is 4.65. The molecule has 0 heterocycles. The van der Waals surface area contributed by atoms with Crippen LogP contribution in [-0.2, 0) is 6.54 Å². The topological polar surface area (TPSA) is 42.8 Å². The Morgan fingerprint density at radius 2 is 1.87 bits per heavy atom. The third-order valence-corrected chi connectivity index (χ3v) is 4.59. The molecule has 0 aliphatic rings. The zero-order chi connectivity index (χ0) is 16.8. The highest BCUT2D eigenvalue weighted by molar-refractivity contribution is 14.1. The monoisotopic (exact) mass is 464 g/mol. The Labute approximate surface area is 158 Å². The normalized spacial score (nSPS) is 10.8. The van der Waals surface area contributed by atoms with E-state index in [1.165, 1.54) is 0 Å². The molecule has 2 aromatic rings. The van der Waals surface area contributed by atoms with Gasteiger partial charge in [0.1, 0.15) is 0 Å². The number of benzene rings is 2. The highest BCUT2D eigenvalue weighted by Crippen LogP contribution is 2.33. The van der Waals surface area contributed by atoms with E-state index in [2.05, 4.69) is 33.1 Å². The number of methoxy groups -OCH3 is 2. The lowest BCUT2D eigenvalue weighted by Gasteiger charge is -2.10. The van der Waals surface area contributed by atoms with Gasteiger partial charge in [-0.1, -0.05) is 29.3 Å². The molecule has 0 fully saturated rings. The Hall–Kier alpha value is -1.18. The molecule has 0 saturated heterocycles. The highest BCUT2D eigenvalue weighted by atomic mass is 127. The first-order chi connectivity index (χ1) is 11.1. The zero-order valence-corrected chi connectivity index (χ0v) is 16.2. The van der Waals surface area contributed by atoms with Crippen LogP contribution in [0.5, 0.6) is 11.5 Å². The van der Waals surface area contributed by atoms with Gasteiger partial charge in [0.05, 0.1) is 30.5 Å². The van der Waals surface area contributed by atoms with E-state index in [1.807, 2.05) is 18.2 Å². The Balaban J connectivity index is 2.08. The van der Waals surface area contributed by atoms with Crippen molar-refractivity contribution in [3.63, 3.8) is 0 Å². The second-order valence-electron chi connectivity index (χ2n) is 4.53. The Kier molecular flexibility index (Phi) is 6.80. The number of hydrogen-bond donors (Lipinski definition) is 1. The maximum atomic E-state index is 6.11. The van der Waals surface area contributed by atoms with Crippen LogP contribution in [0.4, 0.5) is 0 Å². The molecule has 0 aliphatic heterocycles. The van der Waals surface area contributed by atoms with E-state index in [1.54, 1.807) is 32.6 Å². The van der Waals surface area contributed by atoms with Crippen molar-refractivity contribution in [1.82, 2.24) is 5.43 Å². The fourth-order valence-corrected chi connectivity index (χ4v) is 3.34. The second-order valence-corrected chi connectivity index (χ2v) is 6.51. The Morgan fingerprint density at radius 1 is 1.17 bits per heavy atom. The van der Waals surface area contributed by atoms with Crippen molar-refractivity contribution in [2.75, 3.05) is 14.2 Å². The van der Waals surface area contributed by atoms with Crippen molar-refractivity contribution in [2.24, 2.45) is 5.10 Å². The maximum Gasteiger partial charge on any atom is 0.174 e. The molecule has 0 radical (unpaired) electrons. The van der Waals surface area contributed by atoms with Gasteiger partial charge in [-0.2, -0.15) is 5.10 Å². The van der Waals surface area contributed by atoms with E-state index < -0.39 is 0 Å². The third kappa shape index (κ3) is 4.65. The average Bonchev–Trinajstić information content (AvgIpc) is 2.53. The van der Waals surface area contributed by atoms with Crippen LogP contribution in [-0.4, -0.2) is 20.4 Å². The summed E-state index contributed by atoms with van der Waals surface area (Å²) < 4.78 is 11.6. The molecule has 0 aromatic heterocycles. The van der Waals surface area contributed by atoms with E-state index in [9.17, 15) is 0 Å². The van der Waals surface area contributed by atoms with Gasteiger partial charge in [-0.25, -0.2) is 0 Å². The SMILES string of the molecule is COc1cc(/C=N\NCc2c(Cl)cccc2Cl)cc(I)c1OC. The van der Waals surface area contributed by atoms with Crippen LogP contribution in [0, 0.1) is 3.57 Å². The molecule has 0 bridgehead atoms. The van der Waals surface area contributed by atoms with Crippen molar-refractivity contribution in [3.8, 4) is 11.5 Å². The van der Waals surface area contributed by atoms with Crippen molar-refractivity contribution < 1.29 is 9.47 Å². The van der Waals surface area contributed by atoms with Crippen LogP contribution < -0.4 is 14.9 Å². The van der Waals surface area contributed by atoms with E-state index in [0.29, 0.717) is 28.1 Å². The largest absolute Gasteiger partial charge is 0.493 e. The van der Waals surface area contributed by atoms with Gasteiger partial charge in [0.25, 0.3) is 0 Å². The van der Waals surface area contributed by atoms with Crippen LogP contribution in [0.25, 0.3) is 0 Å². The molecule has 2 aromatic carbocycles.